The molecule has 134 valence electrons. The van der Waals surface area contributed by atoms with Crippen molar-refractivity contribution >= 4 is 17.1 Å². The molecule has 0 saturated carbocycles. The number of nitrogens with one attached hydrogen (secondary N) is 1. The molecule has 0 aliphatic heterocycles. The normalized spacial score (nSPS) is 13.3. The molecule has 1 aromatic heterocycles. The number of aliphatic hydroxyl groups is 2. The van der Waals surface area contributed by atoms with Crippen molar-refractivity contribution in [1.82, 2.24) is 0 Å². The Balaban J connectivity index is 2.50. The van der Waals surface area contributed by atoms with Gasteiger partial charge in [-0.3, -0.25) is 20.2 Å². The maximum absolute atomic E-state index is 11.4. The van der Waals surface area contributed by atoms with Crippen LogP contribution in [0.15, 0.2) is 28.9 Å². The van der Waals surface area contributed by atoms with Crippen LogP contribution in [0.2, 0.25) is 0 Å². The number of aliphatic hydroxyl groups excluding tert-OH is 1. The number of nitro groups is 2. The molecule has 0 aliphatic rings. The quantitative estimate of drug-likeness (QED) is 0.507. The minimum atomic E-state index is -1.55. The van der Waals surface area contributed by atoms with Crippen LogP contribution >= 0.6 is 0 Å². The summed E-state index contributed by atoms with van der Waals surface area (Å²) in [5.41, 5.74) is -2.77. The van der Waals surface area contributed by atoms with Gasteiger partial charge >= 0.3 is 5.69 Å². The third kappa shape index (κ3) is 3.59. The van der Waals surface area contributed by atoms with E-state index in [9.17, 15) is 30.4 Å². The van der Waals surface area contributed by atoms with Gasteiger partial charge in [0, 0.05) is 11.6 Å². The van der Waals surface area contributed by atoms with Gasteiger partial charge in [0.25, 0.3) is 5.69 Å². The largest absolute Gasteiger partial charge is 0.466 e. The first-order valence-electron chi connectivity index (χ1n) is 7.25. The summed E-state index contributed by atoms with van der Waals surface area (Å²) in [5, 5.41) is 45.0. The number of rotatable bonds is 7. The first kappa shape index (κ1) is 18.4. The molecule has 0 aliphatic carbocycles. The zero-order chi connectivity index (χ0) is 18.8. The van der Waals surface area contributed by atoms with Crippen molar-refractivity contribution < 1.29 is 24.5 Å². The molecule has 0 fully saturated rings. The summed E-state index contributed by atoms with van der Waals surface area (Å²) in [6.07, 6.45) is 1.36. The Morgan fingerprint density at radius 3 is 2.48 bits per heavy atom. The van der Waals surface area contributed by atoms with Crippen molar-refractivity contribution in [3.05, 3.63) is 61.6 Å². The van der Waals surface area contributed by atoms with Crippen molar-refractivity contribution in [3.63, 3.8) is 0 Å². The minimum Gasteiger partial charge on any atom is -0.466 e. The van der Waals surface area contributed by atoms with Crippen LogP contribution in [-0.2, 0) is 12.2 Å². The van der Waals surface area contributed by atoms with Crippen molar-refractivity contribution in [1.29, 1.82) is 0 Å². The van der Waals surface area contributed by atoms with Crippen LogP contribution in [0.3, 0.4) is 0 Å². The molecule has 1 heterocycles. The van der Waals surface area contributed by atoms with E-state index in [0.29, 0.717) is 0 Å². The van der Waals surface area contributed by atoms with Crippen molar-refractivity contribution in [2.75, 3.05) is 11.9 Å². The van der Waals surface area contributed by atoms with Gasteiger partial charge in [0.15, 0.2) is 5.69 Å². The van der Waals surface area contributed by atoms with E-state index in [4.69, 9.17) is 4.42 Å². The number of nitro benzene ring substituents is 2. The average molecular weight is 351 g/mol. The average Bonchev–Trinajstić information content (AvgIpc) is 3.07. The topological polar surface area (TPSA) is 152 Å². The highest BCUT2D eigenvalue weighted by Gasteiger charge is 2.33. The Labute approximate surface area is 142 Å². The van der Waals surface area contributed by atoms with Gasteiger partial charge in [-0.2, -0.15) is 0 Å². The van der Waals surface area contributed by atoms with Gasteiger partial charge in [0.05, 0.1) is 29.3 Å². The summed E-state index contributed by atoms with van der Waals surface area (Å²) in [4.78, 5) is 21.2. The monoisotopic (exact) mass is 351 g/mol. The van der Waals surface area contributed by atoms with Gasteiger partial charge in [-0.1, -0.05) is 0 Å². The van der Waals surface area contributed by atoms with E-state index in [1.165, 1.54) is 26.2 Å². The van der Waals surface area contributed by atoms with Crippen LogP contribution in [-0.4, -0.2) is 26.6 Å². The predicted molar refractivity (Wildman–Crippen MR) is 87.2 cm³/mol. The van der Waals surface area contributed by atoms with Gasteiger partial charge < -0.3 is 19.9 Å². The minimum absolute atomic E-state index is 0.0849. The van der Waals surface area contributed by atoms with E-state index in [1.807, 2.05) is 0 Å². The zero-order valence-electron chi connectivity index (χ0n) is 13.6. The number of hydrogen-bond donors (Lipinski definition) is 3. The molecule has 2 rings (SSSR count). The Morgan fingerprint density at radius 2 is 2.00 bits per heavy atom. The Morgan fingerprint density at radius 1 is 1.32 bits per heavy atom. The molecule has 1 aromatic carbocycles. The molecule has 0 radical (unpaired) electrons. The fourth-order valence-electron chi connectivity index (χ4n) is 2.45. The van der Waals surface area contributed by atoms with Crippen LogP contribution < -0.4 is 5.32 Å². The van der Waals surface area contributed by atoms with Crippen LogP contribution in [0.5, 0.6) is 0 Å². The fourth-order valence-corrected chi connectivity index (χ4v) is 2.45. The lowest BCUT2D eigenvalue weighted by Gasteiger charge is -2.22. The second-order valence-electron chi connectivity index (χ2n) is 5.68. The first-order valence-corrected chi connectivity index (χ1v) is 7.25. The van der Waals surface area contributed by atoms with Gasteiger partial charge in [-0.15, -0.1) is 0 Å². The molecule has 1 unspecified atom stereocenters. The van der Waals surface area contributed by atoms with E-state index < -0.39 is 33.4 Å². The standard InChI is InChI=1S/C15H17N3O7/c1-9-10(7-19)6-11(17(21)22)13(14(9)18(23)24)16-8-15(2,20)12-4-3-5-25-12/h3-6,16,19-20H,7-8H2,1-2H3. The Hall–Kier alpha value is -2.98. The Bertz CT molecular complexity index is 800. The number of hydrogen-bond acceptors (Lipinski definition) is 8. The van der Waals surface area contributed by atoms with Crippen LogP contribution in [0.4, 0.5) is 17.1 Å². The van der Waals surface area contributed by atoms with Gasteiger partial charge in [-0.05, 0) is 31.5 Å². The SMILES string of the molecule is Cc1c(CO)cc([N+](=O)[O-])c(NCC(C)(O)c2ccco2)c1[N+](=O)[O-]. The second-order valence-corrected chi connectivity index (χ2v) is 5.68. The van der Waals surface area contributed by atoms with E-state index in [0.717, 1.165) is 6.07 Å². The lowest BCUT2D eigenvalue weighted by Crippen LogP contribution is -2.30. The molecular formula is C15H17N3O7. The fraction of sp³-hybridized carbons (Fsp3) is 0.333. The third-order valence-electron chi connectivity index (χ3n) is 3.85. The lowest BCUT2D eigenvalue weighted by molar-refractivity contribution is -0.392. The molecule has 3 N–H and O–H groups in total. The first-order chi connectivity index (χ1) is 11.7. The van der Waals surface area contributed by atoms with E-state index in [1.54, 1.807) is 6.07 Å². The smallest absolute Gasteiger partial charge is 0.302 e. The molecule has 10 heteroatoms. The molecular weight excluding hydrogens is 334 g/mol. The van der Waals surface area contributed by atoms with Crippen LogP contribution in [0, 0.1) is 27.2 Å². The molecule has 2 aromatic rings. The zero-order valence-corrected chi connectivity index (χ0v) is 13.6. The molecule has 0 spiro atoms. The van der Waals surface area contributed by atoms with Crippen LogP contribution in [0.25, 0.3) is 0 Å². The van der Waals surface area contributed by atoms with Crippen molar-refractivity contribution in [2.45, 2.75) is 26.1 Å². The highest BCUT2D eigenvalue weighted by molar-refractivity contribution is 5.77. The van der Waals surface area contributed by atoms with Crippen LogP contribution in [0.1, 0.15) is 23.8 Å². The summed E-state index contributed by atoms with van der Waals surface area (Å²) in [7, 11) is 0. The maximum Gasteiger partial charge on any atom is 0.302 e. The molecule has 0 amide bonds. The summed E-state index contributed by atoms with van der Waals surface area (Å²) >= 11 is 0. The molecule has 25 heavy (non-hydrogen) atoms. The van der Waals surface area contributed by atoms with Gasteiger partial charge in [-0.25, -0.2) is 0 Å². The van der Waals surface area contributed by atoms with E-state index in [2.05, 4.69) is 5.32 Å². The highest BCUT2D eigenvalue weighted by atomic mass is 16.6. The number of nitrogens with zero attached hydrogens (tertiary/aromatic N) is 2. The number of furan rings is 1. The molecule has 10 nitrogen and oxygen atoms in total. The van der Waals surface area contributed by atoms with Gasteiger partial charge in [0.2, 0.25) is 0 Å². The summed E-state index contributed by atoms with van der Waals surface area (Å²) in [5.74, 6) is 0.203. The maximum atomic E-state index is 11.4. The van der Waals surface area contributed by atoms with Crippen molar-refractivity contribution in [3.8, 4) is 0 Å². The lowest BCUT2D eigenvalue weighted by atomic mass is 10.0. The summed E-state index contributed by atoms with van der Waals surface area (Å²) in [6.45, 7) is 1.97. The predicted octanol–water partition coefficient (Wildman–Crippen LogP) is 2.22. The van der Waals surface area contributed by atoms with E-state index >= 15 is 0 Å². The second kappa shape index (κ2) is 6.87. The van der Waals surface area contributed by atoms with E-state index in [-0.39, 0.29) is 29.1 Å². The molecule has 0 saturated heterocycles. The Kier molecular flexibility index (Phi) is 5.04. The summed E-state index contributed by atoms with van der Waals surface area (Å²) < 4.78 is 5.11. The summed E-state index contributed by atoms with van der Waals surface area (Å²) in [6, 6.07) is 4.16. The number of benzene rings is 1. The third-order valence-corrected chi connectivity index (χ3v) is 3.85. The van der Waals surface area contributed by atoms with Crippen molar-refractivity contribution in [2.24, 2.45) is 0 Å². The highest BCUT2D eigenvalue weighted by Crippen LogP contribution is 2.39. The van der Waals surface area contributed by atoms with Gasteiger partial charge in [0.1, 0.15) is 11.4 Å². The molecule has 0 bridgehead atoms. The molecule has 1 atom stereocenters. The number of anilines is 1.